The van der Waals surface area contributed by atoms with E-state index in [2.05, 4.69) is 12.1 Å². The van der Waals surface area contributed by atoms with Crippen LogP contribution in [0, 0.1) is 12.1 Å². The molecule has 0 nitrogen and oxygen atoms in total. The minimum absolute atomic E-state index is 0.425. The second kappa shape index (κ2) is 2.38. The third-order valence-corrected chi connectivity index (χ3v) is 1.39. The average Bonchev–Trinajstić information content (AvgIpc) is 1.77. The highest BCUT2D eigenvalue weighted by Crippen LogP contribution is 2.18. The van der Waals surface area contributed by atoms with Crippen molar-refractivity contribution in [1.29, 1.82) is 0 Å². The van der Waals surface area contributed by atoms with Crippen LogP contribution >= 0.6 is 23.2 Å². The van der Waals surface area contributed by atoms with Crippen molar-refractivity contribution in [2.45, 2.75) is 0 Å². The Bertz CT molecular complexity index is 163. The molecule has 0 aliphatic carbocycles. The number of rotatable bonds is 0. The zero-order valence-electron chi connectivity index (χ0n) is 3.91. The van der Waals surface area contributed by atoms with Gasteiger partial charge >= 0.3 is 0 Å². The second-order valence-corrected chi connectivity index (χ2v) is 2.01. The van der Waals surface area contributed by atoms with Crippen LogP contribution in [0.15, 0.2) is 12.1 Å². The van der Waals surface area contributed by atoms with E-state index in [1.807, 2.05) is 0 Å². The fourth-order valence-electron chi connectivity index (χ4n) is 0.356. The normalized spacial score (nSPS) is 9.25. The summed E-state index contributed by atoms with van der Waals surface area (Å²) in [5, 5.41) is 0.850. The van der Waals surface area contributed by atoms with Crippen molar-refractivity contribution < 1.29 is 0 Å². The molecule has 0 aliphatic heterocycles. The fourth-order valence-corrected chi connectivity index (χ4v) is 0.591. The van der Waals surface area contributed by atoms with E-state index in [-0.39, 0.29) is 0 Å². The van der Waals surface area contributed by atoms with Crippen LogP contribution in [0.5, 0.6) is 0 Å². The number of benzene rings is 1. The molecule has 0 spiro atoms. The van der Waals surface area contributed by atoms with Crippen molar-refractivity contribution in [1.82, 2.24) is 0 Å². The van der Waals surface area contributed by atoms with Crippen LogP contribution in [0.25, 0.3) is 0 Å². The summed E-state index contributed by atoms with van der Waals surface area (Å²) in [6.45, 7) is 0. The maximum Gasteiger partial charge on any atom is 0.0677 e. The minimum Gasteiger partial charge on any atom is -0.0820 e. The highest BCUT2D eigenvalue weighted by atomic mass is 35.5. The molecule has 0 unspecified atom stereocenters. The molecule has 0 saturated heterocycles. The SMILES string of the molecule is Clc1[c]cc[c]c1Cl. The average molecular weight is 145 g/mol. The van der Waals surface area contributed by atoms with Gasteiger partial charge in [-0.25, -0.2) is 0 Å². The molecule has 2 heteroatoms. The van der Waals surface area contributed by atoms with Crippen LogP contribution in [-0.2, 0) is 0 Å². The first kappa shape index (κ1) is 5.93. The third kappa shape index (κ3) is 1.15. The van der Waals surface area contributed by atoms with E-state index in [1.54, 1.807) is 12.1 Å². The van der Waals surface area contributed by atoms with Crippen LogP contribution < -0.4 is 0 Å². The molecule has 40 valence electrons. The predicted molar refractivity (Wildman–Crippen MR) is 34.1 cm³/mol. The first-order valence-electron chi connectivity index (χ1n) is 2.04. The molecule has 1 aromatic carbocycles. The van der Waals surface area contributed by atoms with E-state index >= 15 is 0 Å². The molecule has 1 rings (SSSR count). The van der Waals surface area contributed by atoms with Gasteiger partial charge < -0.3 is 0 Å². The lowest BCUT2D eigenvalue weighted by atomic mass is 10.4. The number of hydrogen-bond acceptors (Lipinski definition) is 0. The molecule has 0 N–H and O–H groups in total. The molecule has 0 amide bonds. The van der Waals surface area contributed by atoms with Gasteiger partial charge in [0, 0.05) is 12.1 Å². The van der Waals surface area contributed by atoms with Gasteiger partial charge in [-0.2, -0.15) is 0 Å². The quantitative estimate of drug-likeness (QED) is 0.526. The summed E-state index contributed by atoms with van der Waals surface area (Å²) in [7, 11) is 0. The summed E-state index contributed by atoms with van der Waals surface area (Å²) in [6.07, 6.45) is 0. The lowest BCUT2D eigenvalue weighted by Crippen LogP contribution is -1.64. The summed E-state index contributed by atoms with van der Waals surface area (Å²) in [5.74, 6) is 0. The van der Waals surface area contributed by atoms with Crippen molar-refractivity contribution in [3.63, 3.8) is 0 Å². The predicted octanol–water partition coefficient (Wildman–Crippen LogP) is 2.59. The maximum atomic E-state index is 5.49. The second-order valence-electron chi connectivity index (χ2n) is 1.25. The van der Waals surface area contributed by atoms with Crippen LogP contribution in [-0.4, -0.2) is 0 Å². The summed E-state index contributed by atoms with van der Waals surface area (Å²) in [5.41, 5.74) is 0. The van der Waals surface area contributed by atoms with Gasteiger partial charge in [0.15, 0.2) is 0 Å². The number of halogens is 2. The monoisotopic (exact) mass is 144 g/mol. The first-order valence-corrected chi connectivity index (χ1v) is 2.79. The van der Waals surface area contributed by atoms with Crippen LogP contribution in [0.4, 0.5) is 0 Å². The molecule has 0 fully saturated rings. The molecule has 0 saturated carbocycles. The van der Waals surface area contributed by atoms with Crippen LogP contribution in [0.3, 0.4) is 0 Å². The van der Waals surface area contributed by atoms with Crippen molar-refractivity contribution >= 4 is 23.2 Å². The molecule has 0 aliphatic rings. The Morgan fingerprint density at radius 1 is 1.00 bits per heavy atom. The van der Waals surface area contributed by atoms with Gasteiger partial charge in [-0.05, 0) is 0 Å². The van der Waals surface area contributed by atoms with Gasteiger partial charge in [0.25, 0.3) is 0 Å². The van der Waals surface area contributed by atoms with E-state index in [9.17, 15) is 0 Å². The summed E-state index contributed by atoms with van der Waals surface area (Å²) < 4.78 is 0. The molecule has 0 heterocycles. The Balaban J connectivity index is 3.13. The third-order valence-electron chi connectivity index (χ3n) is 0.696. The lowest BCUT2D eigenvalue weighted by molar-refractivity contribution is 1.67. The Hall–Kier alpha value is -0.200. The van der Waals surface area contributed by atoms with E-state index in [4.69, 9.17) is 23.2 Å². The largest absolute Gasteiger partial charge is 0.0820 e. The zero-order chi connectivity index (χ0) is 5.98. The maximum absolute atomic E-state index is 5.49. The molecular formula is C6H2Cl2. The standard InChI is InChI=1S/C6H2Cl2/c7-5-3-1-2-4-6(5)8/h1-2H. The number of hydrogen-bond donors (Lipinski definition) is 0. The summed E-state index contributed by atoms with van der Waals surface area (Å²) >= 11 is 11.0. The molecular weight excluding hydrogens is 143 g/mol. The van der Waals surface area contributed by atoms with Crippen LogP contribution in [0.1, 0.15) is 0 Å². The molecule has 8 heavy (non-hydrogen) atoms. The minimum atomic E-state index is 0.425. The highest BCUT2D eigenvalue weighted by Gasteiger charge is 1.90. The van der Waals surface area contributed by atoms with Gasteiger partial charge in [-0.1, -0.05) is 35.3 Å². The summed E-state index contributed by atoms with van der Waals surface area (Å²) in [4.78, 5) is 0. The highest BCUT2D eigenvalue weighted by molar-refractivity contribution is 6.41. The van der Waals surface area contributed by atoms with Gasteiger partial charge in [0.05, 0.1) is 10.0 Å². The van der Waals surface area contributed by atoms with Gasteiger partial charge in [-0.3, -0.25) is 0 Å². The van der Waals surface area contributed by atoms with Crippen molar-refractivity contribution in [2.24, 2.45) is 0 Å². The molecule has 2 radical (unpaired) electrons. The zero-order valence-corrected chi connectivity index (χ0v) is 5.42. The van der Waals surface area contributed by atoms with E-state index in [0.29, 0.717) is 10.0 Å². The van der Waals surface area contributed by atoms with Gasteiger partial charge in [0.1, 0.15) is 0 Å². The van der Waals surface area contributed by atoms with Crippen molar-refractivity contribution in [3.8, 4) is 0 Å². The van der Waals surface area contributed by atoms with Crippen LogP contribution in [0.2, 0.25) is 10.0 Å². The first-order chi connectivity index (χ1) is 3.80. The van der Waals surface area contributed by atoms with E-state index in [0.717, 1.165) is 0 Å². The van der Waals surface area contributed by atoms with Gasteiger partial charge in [0.2, 0.25) is 0 Å². The smallest absolute Gasteiger partial charge is 0.0677 e. The van der Waals surface area contributed by atoms with Crippen molar-refractivity contribution in [3.05, 3.63) is 34.3 Å². The lowest BCUT2D eigenvalue weighted by Gasteiger charge is -1.86. The van der Waals surface area contributed by atoms with E-state index < -0.39 is 0 Å². The van der Waals surface area contributed by atoms with Crippen molar-refractivity contribution in [2.75, 3.05) is 0 Å². The molecule has 0 bridgehead atoms. The Morgan fingerprint density at radius 3 is 1.62 bits per heavy atom. The molecule has 0 atom stereocenters. The Morgan fingerprint density at radius 2 is 1.38 bits per heavy atom. The molecule has 1 aromatic rings. The Labute approximate surface area is 58.0 Å². The fraction of sp³-hybridized carbons (Fsp3) is 0. The van der Waals surface area contributed by atoms with Gasteiger partial charge in [-0.15, -0.1) is 0 Å². The topological polar surface area (TPSA) is 0 Å². The summed E-state index contributed by atoms with van der Waals surface area (Å²) in [6, 6.07) is 8.73. The van der Waals surface area contributed by atoms with E-state index in [1.165, 1.54) is 0 Å². The Kier molecular flexibility index (Phi) is 1.77. The molecule has 0 aromatic heterocycles.